The van der Waals surface area contributed by atoms with Crippen LogP contribution in [0, 0.1) is 28.6 Å². The average molecular weight is 525 g/mol. The van der Waals surface area contributed by atoms with Crippen LogP contribution in [0.1, 0.15) is 59.3 Å². The number of carbonyl (C=O) groups excluding carboxylic acids is 4. The molecule has 4 aliphatic carbocycles. The number of rotatable bonds is 6. The minimum atomic E-state index is -4.26. The van der Waals surface area contributed by atoms with Crippen LogP contribution in [0.25, 0.3) is 0 Å². The van der Waals surface area contributed by atoms with Gasteiger partial charge in [0.15, 0.2) is 0 Å². The Morgan fingerprint density at radius 1 is 1.17 bits per heavy atom. The summed E-state index contributed by atoms with van der Waals surface area (Å²) in [6.07, 6.45) is 1.25. The molecule has 10 nitrogen and oxygen atoms in total. The van der Waals surface area contributed by atoms with Crippen molar-refractivity contribution < 1.29 is 46.0 Å². The van der Waals surface area contributed by atoms with Gasteiger partial charge in [-0.25, -0.2) is 0 Å². The highest BCUT2D eigenvalue weighted by Crippen LogP contribution is 2.79. The number of ketones is 1. The predicted octanol–water partition coefficient (Wildman–Crippen LogP) is 1.85. The average Bonchev–Trinajstić information content (AvgIpc) is 3.18. The Morgan fingerprint density at radius 2 is 1.86 bits per heavy atom. The molecule has 0 N–H and O–H groups in total. The highest BCUT2D eigenvalue weighted by atomic mass is 32.2. The third-order valence-corrected chi connectivity index (χ3v) is 11.0. The highest BCUT2D eigenvalue weighted by Gasteiger charge is 2.85. The van der Waals surface area contributed by atoms with E-state index in [1.54, 1.807) is 6.92 Å². The molecule has 0 radical (unpaired) electrons. The van der Waals surface area contributed by atoms with Crippen LogP contribution in [-0.2, 0) is 47.7 Å². The van der Waals surface area contributed by atoms with E-state index in [2.05, 4.69) is 6.58 Å². The van der Waals surface area contributed by atoms with Gasteiger partial charge in [-0.15, -0.1) is 0 Å². The molecule has 11 heteroatoms. The van der Waals surface area contributed by atoms with Gasteiger partial charge < -0.3 is 14.2 Å². The molecular weight excluding hydrogens is 492 g/mol. The molecule has 5 fully saturated rings. The van der Waals surface area contributed by atoms with E-state index in [9.17, 15) is 27.6 Å². The third-order valence-electron chi connectivity index (χ3n) is 9.67. The van der Waals surface area contributed by atoms with Crippen LogP contribution < -0.4 is 0 Å². The van der Waals surface area contributed by atoms with Crippen LogP contribution in [0.2, 0.25) is 0 Å². The van der Waals surface area contributed by atoms with Gasteiger partial charge in [-0.05, 0) is 63.4 Å². The molecule has 5 aliphatic rings. The lowest BCUT2D eigenvalue weighted by atomic mass is 9.59. The van der Waals surface area contributed by atoms with Crippen molar-refractivity contribution in [3.63, 3.8) is 0 Å². The summed E-state index contributed by atoms with van der Waals surface area (Å²) < 4.78 is 48.0. The van der Waals surface area contributed by atoms with E-state index in [1.807, 2.05) is 0 Å². The van der Waals surface area contributed by atoms with Gasteiger partial charge in [-0.3, -0.25) is 23.4 Å². The van der Waals surface area contributed by atoms with E-state index >= 15 is 0 Å². The van der Waals surface area contributed by atoms with Gasteiger partial charge >= 0.3 is 17.9 Å². The topological polar surface area (TPSA) is 139 Å². The number of Topliss-reactive ketones (excluding diaryl/α,β-unsaturated/α-hetero) is 1. The lowest BCUT2D eigenvalue weighted by Gasteiger charge is -2.46. The van der Waals surface area contributed by atoms with Gasteiger partial charge in [0.2, 0.25) is 0 Å². The molecule has 0 aromatic carbocycles. The van der Waals surface area contributed by atoms with Crippen LogP contribution >= 0.6 is 0 Å². The molecule has 1 saturated heterocycles. The Hall–Kier alpha value is -2.27. The summed E-state index contributed by atoms with van der Waals surface area (Å²) in [5.74, 6) is -4.68. The first-order valence-corrected chi connectivity index (χ1v) is 13.8. The Balaban J connectivity index is 1.63. The first-order chi connectivity index (χ1) is 16.7. The number of fused-ring (bicyclic) bond motifs is 1. The van der Waals surface area contributed by atoms with Crippen molar-refractivity contribution in [1.82, 2.24) is 0 Å². The first kappa shape index (κ1) is 25.4. The molecule has 198 valence electrons. The summed E-state index contributed by atoms with van der Waals surface area (Å²) in [7, 11) is -2.97. The van der Waals surface area contributed by atoms with Crippen LogP contribution in [0.3, 0.4) is 0 Å². The van der Waals surface area contributed by atoms with Crippen LogP contribution in [0.15, 0.2) is 12.2 Å². The minimum absolute atomic E-state index is 0.215. The van der Waals surface area contributed by atoms with Gasteiger partial charge in [0.05, 0.1) is 19.1 Å². The van der Waals surface area contributed by atoms with Gasteiger partial charge in [0.25, 0.3) is 10.1 Å². The lowest BCUT2D eigenvalue weighted by molar-refractivity contribution is -0.169. The molecule has 0 amide bonds. The van der Waals surface area contributed by atoms with E-state index in [0.717, 1.165) is 12.5 Å². The van der Waals surface area contributed by atoms with Crippen LogP contribution in [-0.4, -0.2) is 62.3 Å². The fourth-order valence-corrected chi connectivity index (χ4v) is 9.98. The van der Waals surface area contributed by atoms with Gasteiger partial charge in [-0.1, -0.05) is 6.58 Å². The van der Waals surface area contributed by atoms with Gasteiger partial charge in [0.1, 0.15) is 28.2 Å². The zero-order chi connectivity index (χ0) is 26.5. The highest BCUT2D eigenvalue weighted by molar-refractivity contribution is 7.87. The number of esters is 3. The minimum Gasteiger partial charge on any atom is -0.469 e. The Morgan fingerprint density at radius 3 is 2.47 bits per heavy atom. The molecule has 1 spiro atoms. The summed E-state index contributed by atoms with van der Waals surface area (Å²) >= 11 is 0. The maximum Gasteiger partial charge on any atom is 0.315 e. The van der Waals surface area contributed by atoms with Crippen LogP contribution in [0.4, 0.5) is 0 Å². The summed E-state index contributed by atoms with van der Waals surface area (Å²) in [6.45, 7) is 8.32. The Bertz CT molecular complexity index is 1190. The maximum atomic E-state index is 13.5. The van der Waals surface area contributed by atoms with E-state index in [4.69, 9.17) is 18.4 Å². The summed E-state index contributed by atoms with van der Waals surface area (Å²) in [5, 5.41) is 0. The van der Waals surface area contributed by atoms with Gasteiger partial charge in [-0.2, -0.15) is 8.42 Å². The van der Waals surface area contributed by atoms with Crippen molar-refractivity contribution in [3.05, 3.63) is 12.2 Å². The van der Waals surface area contributed by atoms with E-state index in [-0.39, 0.29) is 12.3 Å². The second-order valence-electron chi connectivity index (χ2n) is 11.5. The summed E-state index contributed by atoms with van der Waals surface area (Å²) in [4.78, 5) is 50.5. The Kier molecular flexibility index (Phi) is 5.38. The zero-order valence-corrected chi connectivity index (χ0v) is 21.8. The molecule has 0 aromatic heterocycles. The first-order valence-electron chi connectivity index (χ1n) is 12.3. The lowest BCUT2D eigenvalue weighted by Crippen LogP contribution is -2.54. The van der Waals surface area contributed by atoms with E-state index in [0.29, 0.717) is 32.1 Å². The SMILES string of the molecule is C=C1C[C@]23C[C@@]1(OC(C)=O)CCC2[C@@]12CC[C@H](OS(=O)(=O)CC(C)=O)[C@](C)(C(=O)O1)C2C3C(=O)OC. The quantitative estimate of drug-likeness (QED) is 0.219. The molecule has 1 heterocycles. The smallest absolute Gasteiger partial charge is 0.315 e. The molecule has 36 heavy (non-hydrogen) atoms. The van der Waals surface area contributed by atoms with E-state index in [1.165, 1.54) is 14.0 Å². The normalized spacial score (nSPS) is 44.4. The van der Waals surface area contributed by atoms with Crippen LogP contribution in [0.5, 0.6) is 0 Å². The van der Waals surface area contributed by atoms with E-state index < -0.39 is 79.5 Å². The van der Waals surface area contributed by atoms with Crippen molar-refractivity contribution in [2.75, 3.05) is 12.9 Å². The molecular formula is C25H32O10S. The van der Waals surface area contributed by atoms with Crippen molar-refractivity contribution >= 4 is 33.8 Å². The van der Waals surface area contributed by atoms with Crippen molar-refractivity contribution in [2.24, 2.45) is 28.6 Å². The number of hydrogen-bond donors (Lipinski definition) is 0. The molecule has 1 aliphatic heterocycles. The molecule has 3 unspecified atom stereocenters. The zero-order valence-electron chi connectivity index (χ0n) is 21.0. The monoisotopic (exact) mass is 524 g/mol. The largest absolute Gasteiger partial charge is 0.469 e. The fourth-order valence-electron chi connectivity index (χ4n) is 8.76. The molecule has 8 atom stereocenters. The van der Waals surface area contributed by atoms with Crippen molar-refractivity contribution in [2.45, 2.75) is 76.6 Å². The number of carbonyl (C=O) groups is 4. The fraction of sp³-hybridized carbons (Fsp3) is 0.760. The number of methoxy groups -OCH3 is 1. The van der Waals surface area contributed by atoms with Crippen molar-refractivity contribution in [3.8, 4) is 0 Å². The predicted molar refractivity (Wildman–Crippen MR) is 123 cm³/mol. The summed E-state index contributed by atoms with van der Waals surface area (Å²) in [5.41, 5.74) is -3.35. The van der Waals surface area contributed by atoms with Gasteiger partial charge in [0, 0.05) is 18.8 Å². The molecule has 0 aromatic rings. The second kappa shape index (κ2) is 7.63. The number of hydrogen-bond acceptors (Lipinski definition) is 10. The standard InChI is InChI=1S/C25H32O10S/c1-13-10-23-12-24(13,33-15(3)27)8-6-16(23)25-9-7-17(35-36(30,31)11-14(2)26)22(4,21(29)34-25)19(25)18(23)20(28)32-5/h16-19H,1,6-12H2,2-5H3/t16?,17-,18?,19?,22-,23-,24-,25+/m0/s1. The number of ether oxygens (including phenoxy) is 3. The third kappa shape index (κ3) is 3.07. The molecule has 5 rings (SSSR count). The second-order valence-corrected chi connectivity index (χ2v) is 13.1. The Labute approximate surface area is 210 Å². The maximum absolute atomic E-state index is 13.5. The summed E-state index contributed by atoms with van der Waals surface area (Å²) in [6, 6.07) is 0. The molecule has 4 bridgehead atoms. The van der Waals surface area contributed by atoms with Crippen molar-refractivity contribution in [1.29, 1.82) is 0 Å². The molecule has 4 saturated carbocycles.